The Hall–Kier alpha value is -3.47. The van der Waals surface area contributed by atoms with Crippen LogP contribution in [0.5, 0.6) is 0 Å². The SMILES string of the molecule is CC(=O)O[C@@H](C(=O)NCCc1ccc(Cl)cc1)[C@H]1OCCN(c2cccc(N3CCOCC3=O)c2)C1=O. The number of carbonyl (C=O) groups is 4. The monoisotopic (exact) mass is 529 g/mol. The van der Waals surface area contributed by atoms with Gasteiger partial charge in [0, 0.05) is 43.0 Å². The van der Waals surface area contributed by atoms with Gasteiger partial charge < -0.3 is 29.3 Å². The van der Waals surface area contributed by atoms with Crippen molar-refractivity contribution in [1.82, 2.24) is 5.32 Å². The number of benzene rings is 2. The number of esters is 1. The van der Waals surface area contributed by atoms with Crippen LogP contribution in [-0.4, -0.2) is 75.4 Å². The minimum atomic E-state index is -1.46. The number of amides is 3. The van der Waals surface area contributed by atoms with E-state index in [1.54, 1.807) is 41.3 Å². The molecule has 0 aliphatic carbocycles. The van der Waals surface area contributed by atoms with Crippen molar-refractivity contribution in [2.45, 2.75) is 25.6 Å². The molecule has 3 amide bonds. The first kappa shape index (κ1) is 26.6. The molecule has 10 nitrogen and oxygen atoms in total. The fourth-order valence-electron chi connectivity index (χ4n) is 4.21. The van der Waals surface area contributed by atoms with Crippen LogP contribution in [0.4, 0.5) is 11.4 Å². The average molecular weight is 530 g/mol. The Bertz CT molecular complexity index is 1160. The second-order valence-corrected chi connectivity index (χ2v) is 9.03. The van der Waals surface area contributed by atoms with Crippen molar-refractivity contribution in [1.29, 1.82) is 0 Å². The van der Waals surface area contributed by atoms with Gasteiger partial charge in [-0.1, -0.05) is 29.8 Å². The lowest BCUT2D eigenvalue weighted by atomic mass is 10.1. The van der Waals surface area contributed by atoms with E-state index in [1.807, 2.05) is 12.1 Å². The normalized spacial score (nSPS) is 18.9. The lowest BCUT2D eigenvalue weighted by molar-refractivity contribution is -0.169. The minimum absolute atomic E-state index is 0.0000180. The highest BCUT2D eigenvalue weighted by Crippen LogP contribution is 2.27. The van der Waals surface area contributed by atoms with Gasteiger partial charge in [-0.05, 0) is 42.3 Å². The quantitative estimate of drug-likeness (QED) is 0.518. The smallest absolute Gasteiger partial charge is 0.303 e. The Labute approximate surface area is 219 Å². The second kappa shape index (κ2) is 12.2. The van der Waals surface area contributed by atoms with Gasteiger partial charge in [0.1, 0.15) is 6.61 Å². The highest BCUT2D eigenvalue weighted by molar-refractivity contribution is 6.30. The Kier molecular flexibility index (Phi) is 8.75. The summed E-state index contributed by atoms with van der Waals surface area (Å²) in [6.07, 6.45) is -2.25. The molecule has 11 heteroatoms. The number of nitrogens with zero attached hydrogens (tertiary/aromatic N) is 2. The zero-order chi connectivity index (χ0) is 26.4. The van der Waals surface area contributed by atoms with Crippen molar-refractivity contribution < 1.29 is 33.4 Å². The van der Waals surface area contributed by atoms with E-state index in [1.165, 1.54) is 11.8 Å². The number of hydrogen-bond acceptors (Lipinski definition) is 7. The number of hydrogen-bond donors (Lipinski definition) is 1. The molecule has 2 aromatic rings. The maximum Gasteiger partial charge on any atom is 0.303 e. The van der Waals surface area contributed by atoms with E-state index >= 15 is 0 Å². The van der Waals surface area contributed by atoms with Crippen molar-refractivity contribution >= 4 is 46.7 Å². The molecule has 0 bridgehead atoms. The molecule has 2 saturated heterocycles. The Morgan fingerprint density at radius 2 is 1.78 bits per heavy atom. The average Bonchev–Trinajstić information content (AvgIpc) is 2.89. The van der Waals surface area contributed by atoms with Crippen LogP contribution in [0.2, 0.25) is 5.02 Å². The summed E-state index contributed by atoms with van der Waals surface area (Å²) in [4.78, 5) is 53.6. The third-order valence-electron chi connectivity index (χ3n) is 6.01. The first-order valence-electron chi connectivity index (χ1n) is 11.9. The van der Waals surface area contributed by atoms with E-state index in [2.05, 4.69) is 5.32 Å². The van der Waals surface area contributed by atoms with E-state index < -0.39 is 30.0 Å². The maximum absolute atomic E-state index is 13.4. The summed E-state index contributed by atoms with van der Waals surface area (Å²) < 4.78 is 16.1. The van der Waals surface area contributed by atoms with Gasteiger partial charge in [0.25, 0.3) is 17.7 Å². The van der Waals surface area contributed by atoms with E-state index in [0.717, 1.165) is 5.56 Å². The van der Waals surface area contributed by atoms with Gasteiger partial charge >= 0.3 is 5.97 Å². The van der Waals surface area contributed by atoms with Gasteiger partial charge in [0.15, 0.2) is 6.10 Å². The number of carbonyl (C=O) groups excluding carboxylic acids is 4. The summed E-state index contributed by atoms with van der Waals surface area (Å²) in [5.41, 5.74) is 2.14. The molecule has 2 heterocycles. The zero-order valence-electron chi connectivity index (χ0n) is 20.4. The van der Waals surface area contributed by atoms with Gasteiger partial charge in [-0.3, -0.25) is 19.2 Å². The summed E-state index contributed by atoms with van der Waals surface area (Å²) in [6.45, 7) is 2.63. The largest absolute Gasteiger partial charge is 0.449 e. The Morgan fingerprint density at radius 1 is 1.08 bits per heavy atom. The highest BCUT2D eigenvalue weighted by atomic mass is 35.5. The standard InChI is InChI=1S/C26H28ClN3O7/c1-17(31)37-23(25(33)28-10-9-18-5-7-19(27)8-6-18)24-26(34)30(12-14-36-24)21-4-2-3-20(15-21)29-11-13-35-16-22(29)32/h2-8,15,23-24H,9-14,16H2,1H3,(H,28,33)/t23-,24-/m1/s1. The van der Waals surface area contributed by atoms with Crippen LogP contribution in [0.3, 0.4) is 0 Å². The number of halogens is 1. The molecule has 2 atom stereocenters. The first-order chi connectivity index (χ1) is 17.8. The Morgan fingerprint density at radius 3 is 2.49 bits per heavy atom. The molecule has 0 saturated carbocycles. The fourth-order valence-corrected chi connectivity index (χ4v) is 4.34. The number of anilines is 2. The molecule has 2 aromatic carbocycles. The van der Waals surface area contributed by atoms with Gasteiger partial charge in [-0.25, -0.2) is 0 Å². The van der Waals surface area contributed by atoms with Gasteiger partial charge in [0.05, 0.1) is 13.2 Å². The lowest BCUT2D eigenvalue weighted by Crippen LogP contribution is -2.57. The van der Waals surface area contributed by atoms with Crippen molar-refractivity contribution in [3.63, 3.8) is 0 Å². The molecule has 0 unspecified atom stereocenters. The molecule has 1 N–H and O–H groups in total. The molecule has 0 aromatic heterocycles. The zero-order valence-corrected chi connectivity index (χ0v) is 21.1. The fraction of sp³-hybridized carbons (Fsp3) is 0.385. The molecular formula is C26H28ClN3O7. The van der Waals surface area contributed by atoms with Gasteiger partial charge in [0.2, 0.25) is 6.10 Å². The number of nitrogens with one attached hydrogen (secondary N) is 1. The van der Waals surface area contributed by atoms with Crippen molar-refractivity contribution in [2.24, 2.45) is 0 Å². The summed E-state index contributed by atoms with van der Waals surface area (Å²) in [7, 11) is 0. The summed E-state index contributed by atoms with van der Waals surface area (Å²) in [5, 5.41) is 3.34. The molecule has 2 fully saturated rings. The van der Waals surface area contributed by atoms with E-state index in [-0.39, 0.29) is 32.2 Å². The molecule has 0 spiro atoms. The summed E-state index contributed by atoms with van der Waals surface area (Å²) in [6, 6.07) is 14.2. The summed E-state index contributed by atoms with van der Waals surface area (Å²) in [5.74, 6) is -2.02. The molecule has 2 aliphatic rings. The predicted molar refractivity (Wildman–Crippen MR) is 135 cm³/mol. The molecule has 196 valence electrons. The lowest BCUT2D eigenvalue weighted by Gasteiger charge is -2.35. The maximum atomic E-state index is 13.4. The van der Waals surface area contributed by atoms with Crippen LogP contribution < -0.4 is 15.1 Å². The molecule has 0 radical (unpaired) electrons. The second-order valence-electron chi connectivity index (χ2n) is 8.60. The number of rotatable bonds is 8. The van der Waals surface area contributed by atoms with Crippen LogP contribution in [0.15, 0.2) is 48.5 Å². The first-order valence-corrected chi connectivity index (χ1v) is 12.3. The summed E-state index contributed by atoms with van der Waals surface area (Å²) >= 11 is 5.91. The topological polar surface area (TPSA) is 114 Å². The van der Waals surface area contributed by atoms with Crippen molar-refractivity contribution in [2.75, 3.05) is 49.3 Å². The highest BCUT2D eigenvalue weighted by Gasteiger charge is 2.42. The third kappa shape index (κ3) is 6.65. The van der Waals surface area contributed by atoms with Crippen LogP contribution in [0.1, 0.15) is 12.5 Å². The van der Waals surface area contributed by atoms with E-state index in [4.69, 9.17) is 25.8 Å². The van der Waals surface area contributed by atoms with E-state index in [9.17, 15) is 19.2 Å². The van der Waals surface area contributed by atoms with Crippen molar-refractivity contribution in [3.8, 4) is 0 Å². The van der Waals surface area contributed by atoms with Crippen LogP contribution in [-0.2, 0) is 39.8 Å². The number of morpholine rings is 2. The third-order valence-corrected chi connectivity index (χ3v) is 6.27. The van der Waals surface area contributed by atoms with E-state index in [0.29, 0.717) is 36.0 Å². The molecule has 4 rings (SSSR count). The van der Waals surface area contributed by atoms with Crippen LogP contribution >= 0.6 is 11.6 Å². The van der Waals surface area contributed by atoms with Crippen LogP contribution in [0, 0.1) is 0 Å². The molecular weight excluding hydrogens is 502 g/mol. The minimum Gasteiger partial charge on any atom is -0.449 e. The van der Waals surface area contributed by atoms with Crippen LogP contribution in [0.25, 0.3) is 0 Å². The molecule has 37 heavy (non-hydrogen) atoms. The predicted octanol–water partition coefficient (Wildman–Crippen LogP) is 1.73. The van der Waals surface area contributed by atoms with Crippen molar-refractivity contribution in [3.05, 3.63) is 59.1 Å². The molecule has 2 aliphatic heterocycles. The van der Waals surface area contributed by atoms with Gasteiger partial charge in [-0.15, -0.1) is 0 Å². The van der Waals surface area contributed by atoms with Gasteiger partial charge in [-0.2, -0.15) is 0 Å². The Balaban J connectivity index is 1.46. The number of ether oxygens (including phenoxy) is 3.